The molecular weight excluding hydrogens is 156 g/mol. The van der Waals surface area contributed by atoms with Crippen molar-refractivity contribution in [1.29, 1.82) is 0 Å². The largest absolute Gasteiger partial charge is 0.481 e. The molecule has 1 N–H and O–H groups in total. The molecule has 0 bridgehead atoms. The molecule has 1 rings (SSSR count). The molecule has 0 radical (unpaired) electrons. The lowest BCUT2D eigenvalue weighted by Gasteiger charge is -2.30. The van der Waals surface area contributed by atoms with Crippen LogP contribution in [0.2, 0.25) is 0 Å². The van der Waals surface area contributed by atoms with E-state index in [0.717, 1.165) is 12.8 Å². The van der Waals surface area contributed by atoms with E-state index in [2.05, 4.69) is 0 Å². The molecule has 68 valence electrons. The van der Waals surface area contributed by atoms with Crippen LogP contribution in [0.15, 0.2) is 0 Å². The fraction of sp³-hybridized carbons (Fsp3) is 0.778. The van der Waals surface area contributed by atoms with Crippen molar-refractivity contribution in [3.05, 3.63) is 0 Å². The van der Waals surface area contributed by atoms with E-state index in [4.69, 9.17) is 5.11 Å². The third-order valence-electron chi connectivity index (χ3n) is 2.44. The second kappa shape index (κ2) is 3.25. The van der Waals surface area contributed by atoms with Gasteiger partial charge in [-0.05, 0) is 18.3 Å². The Morgan fingerprint density at radius 1 is 1.67 bits per heavy atom. The van der Waals surface area contributed by atoms with Crippen LogP contribution in [-0.2, 0) is 9.59 Å². The minimum atomic E-state index is -0.799. The Bertz CT molecular complexity index is 206. The third kappa shape index (κ3) is 2.32. The molecule has 1 aliphatic rings. The predicted octanol–water partition coefficient (Wildman–Crippen LogP) is 1.61. The lowest BCUT2D eigenvalue weighted by molar-refractivity contribution is -0.140. The molecule has 0 amide bonds. The van der Waals surface area contributed by atoms with Crippen molar-refractivity contribution in [1.82, 2.24) is 0 Å². The van der Waals surface area contributed by atoms with E-state index >= 15 is 0 Å². The van der Waals surface area contributed by atoms with Gasteiger partial charge in [-0.2, -0.15) is 0 Å². The van der Waals surface area contributed by atoms with Gasteiger partial charge in [-0.1, -0.05) is 6.92 Å². The zero-order valence-corrected chi connectivity index (χ0v) is 7.30. The van der Waals surface area contributed by atoms with Crippen molar-refractivity contribution in [2.75, 3.05) is 0 Å². The van der Waals surface area contributed by atoms with Gasteiger partial charge in [0.1, 0.15) is 5.78 Å². The molecule has 0 aromatic heterocycles. The lowest BCUT2D eigenvalue weighted by atomic mass is 9.73. The summed E-state index contributed by atoms with van der Waals surface area (Å²) in [7, 11) is 0. The first-order valence-corrected chi connectivity index (χ1v) is 4.25. The summed E-state index contributed by atoms with van der Waals surface area (Å²) in [5.74, 6) is -0.586. The molecule has 1 fully saturated rings. The van der Waals surface area contributed by atoms with Crippen LogP contribution in [0.1, 0.15) is 39.0 Å². The van der Waals surface area contributed by atoms with Gasteiger partial charge in [-0.3, -0.25) is 9.59 Å². The summed E-state index contributed by atoms with van der Waals surface area (Å²) < 4.78 is 0. The van der Waals surface area contributed by atoms with Crippen LogP contribution in [0.3, 0.4) is 0 Å². The lowest BCUT2D eigenvalue weighted by Crippen LogP contribution is -2.28. The summed E-state index contributed by atoms with van der Waals surface area (Å²) in [5, 5.41) is 8.61. The van der Waals surface area contributed by atoms with E-state index in [1.807, 2.05) is 6.92 Å². The molecule has 0 spiro atoms. The molecular formula is C9H14O3. The molecule has 0 aromatic rings. The summed E-state index contributed by atoms with van der Waals surface area (Å²) >= 11 is 0. The highest BCUT2D eigenvalue weighted by Crippen LogP contribution is 2.36. The minimum absolute atomic E-state index is 0.124. The summed E-state index contributed by atoms with van der Waals surface area (Å²) in [6.07, 6.45) is 2.92. The van der Waals surface area contributed by atoms with Gasteiger partial charge in [0.2, 0.25) is 0 Å². The maximum absolute atomic E-state index is 11.1. The minimum Gasteiger partial charge on any atom is -0.481 e. The van der Waals surface area contributed by atoms with Crippen molar-refractivity contribution >= 4 is 11.8 Å². The van der Waals surface area contributed by atoms with Crippen molar-refractivity contribution in [3.63, 3.8) is 0 Å². The number of carboxylic acid groups (broad SMARTS) is 1. The summed E-state index contributed by atoms with van der Waals surface area (Å²) in [4.78, 5) is 21.5. The van der Waals surface area contributed by atoms with Crippen LogP contribution in [0.25, 0.3) is 0 Å². The molecule has 1 aliphatic carbocycles. The smallest absolute Gasteiger partial charge is 0.303 e. The number of carbonyl (C=O) groups excluding carboxylic acids is 1. The molecule has 0 aromatic carbocycles. The molecule has 3 nitrogen and oxygen atoms in total. The van der Waals surface area contributed by atoms with Gasteiger partial charge in [-0.25, -0.2) is 0 Å². The van der Waals surface area contributed by atoms with E-state index in [1.54, 1.807) is 0 Å². The second-order valence-electron chi connectivity index (χ2n) is 3.95. The monoisotopic (exact) mass is 170 g/mol. The van der Waals surface area contributed by atoms with Crippen LogP contribution in [0, 0.1) is 5.41 Å². The molecule has 1 unspecified atom stereocenters. The van der Waals surface area contributed by atoms with Crippen LogP contribution >= 0.6 is 0 Å². The number of hydrogen-bond donors (Lipinski definition) is 1. The highest BCUT2D eigenvalue weighted by Gasteiger charge is 2.32. The average molecular weight is 170 g/mol. The number of Topliss-reactive ketones (excluding diaryl/α,β-unsaturated/α-hetero) is 1. The Morgan fingerprint density at radius 2 is 2.33 bits per heavy atom. The number of aliphatic carboxylic acids is 1. The number of rotatable bonds is 2. The van der Waals surface area contributed by atoms with E-state index in [1.165, 1.54) is 0 Å². The molecule has 1 saturated carbocycles. The quantitative estimate of drug-likeness (QED) is 0.685. The Hall–Kier alpha value is -0.860. The fourth-order valence-electron chi connectivity index (χ4n) is 1.88. The number of carboxylic acids is 1. The Morgan fingerprint density at radius 3 is 2.83 bits per heavy atom. The third-order valence-corrected chi connectivity index (χ3v) is 2.44. The van der Waals surface area contributed by atoms with Gasteiger partial charge in [0, 0.05) is 12.8 Å². The van der Waals surface area contributed by atoms with Gasteiger partial charge in [0.25, 0.3) is 0 Å². The molecule has 3 heteroatoms. The first-order chi connectivity index (χ1) is 5.52. The average Bonchev–Trinajstić information content (AvgIpc) is 1.82. The highest BCUT2D eigenvalue weighted by atomic mass is 16.4. The maximum atomic E-state index is 11.1. The van der Waals surface area contributed by atoms with Gasteiger partial charge >= 0.3 is 5.97 Å². The SMILES string of the molecule is CC1(CC(=O)O)CCCC(=O)C1. The summed E-state index contributed by atoms with van der Waals surface area (Å²) in [6, 6.07) is 0. The van der Waals surface area contributed by atoms with Gasteiger partial charge in [-0.15, -0.1) is 0 Å². The maximum Gasteiger partial charge on any atom is 0.303 e. The Balaban J connectivity index is 2.57. The van der Waals surface area contributed by atoms with E-state index in [-0.39, 0.29) is 17.6 Å². The first-order valence-electron chi connectivity index (χ1n) is 4.25. The zero-order valence-electron chi connectivity index (χ0n) is 7.30. The van der Waals surface area contributed by atoms with E-state index < -0.39 is 5.97 Å². The summed E-state index contributed by atoms with van der Waals surface area (Å²) in [5.41, 5.74) is -0.277. The standard InChI is InChI=1S/C9H14O3/c1-9(6-8(11)12)4-2-3-7(10)5-9/h2-6H2,1H3,(H,11,12). The van der Waals surface area contributed by atoms with Gasteiger partial charge in [0.15, 0.2) is 0 Å². The van der Waals surface area contributed by atoms with Crippen LogP contribution in [0.5, 0.6) is 0 Å². The van der Waals surface area contributed by atoms with Crippen molar-refractivity contribution < 1.29 is 14.7 Å². The molecule has 0 aliphatic heterocycles. The van der Waals surface area contributed by atoms with Crippen molar-refractivity contribution in [2.24, 2.45) is 5.41 Å². The first kappa shape index (κ1) is 9.23. The van der Waals surface area contributed by atoms with E-state index in [0.29, 0.717) is 12.8 Å². The molecule has 0 saturated heterocycles. The second-order valence-corrected chi connectivity index (χ2v) is 3.95. The van der Waals surface area contributed by atoms with Crippen molar-refractivity contribution in [3.8, 4) is 0 Å². The fourth-order valence-corrected chi connectivity index (χ4v) is 1.88. The van der Waals surface area contributed by atoms with Crippen LogP contribution in [-0.4, -0.2) is 16.9 Å². The molecule has 12 heavy (non-hydrogen) atoms. The van der Waals surface area contributed by atoms with Crippen LogP contribution in [0.4, 0.5) is 0 Å². The normalized spacial score (nSPS) is 30.2. The van der Waals surface area contributed by atoms with Crippen molar-refractivity contribution in [2.45, 2.75) is 39.0 Å². The predicted molar refractivity (Wildman–Crippen MR) is 43.8 cm³/mol. The number of carbonyl (C=O) groups is 2. The van der Waals surface area contributed by atoms with Gasteiger partial charge in [0.05, 0.1) is 6.42 Å². The molecule has 0 heterocycles. The number of ketones is 1. The number of hydrogen-bond acceptors (Lipinski definition) is 2. The molecule has 1 atom stereocenters. The Kier molecular flexibility index (Phi) is 2.50. The zero-order chi connectivity index (χ0) is 9.19. The Labute approximate surface area is 71.8 Å². The summed E-state index contributed by atoms with van der Waals surface area (Å²) in [6.45, 7) is 1.89. The highest BCUT2D eigenvalue weighted by molar-refractivity contribution is 5.80. The van der Waals surface area contributed by atoms with Crippen LogP contribution < -0.4 is 0 Å². The van der Waals surface area contributed by atoms with E-state index in [9.17, 15) is 9.59 Å². The van der Waals surface area contributed by atoms with Gasteiger partial charge < -0.3 is 5.11 Å². The topological polar surface area (TPSA) is 54.4 Å².